The molecule has 29 heavy (non-hydrogen) atoms. The molecule has 158 valence electrons. The topological polar surface area (TPSA) is 55.8 Å². The van der Waals surface area contributed by atoms with E-state index in [1.165, 1.54) is 49.8 Å². The molecule has 6 nitrogen and oxygen atoms in total. The quantitative estimate of drug-likeness (QED) is 0.556. The van der Waals surface area contributed by atoms with Crippen molar-refractivity contribution in [2.45, 2.75) is 45.7 Å². The van der Waals surface area contributed by atoms with E-state index in [9.17, 15) is 0 Å². The van der Waals surface area contributed by atoms with Crippen molar-refractivity contribution < 1.29 is 0 Å². The van der Waals surface area contributed by atoms with Gasteiger partial charge in [-0.15, -0.1) is 0 Å². The number of pyridine rings is 1. The minimum absolute atomic E-state index is 0.493. The first-order chi connectivity index (χ1) is 14.1. The fourth-order valence-electron chi connectivity index (χ4n) is 3.89. The molecule has 1 fully saturated rings. The largest absolute Gasteiger partial charge is 0.363 e. The van der Waals surface area contributed by atoms with Gasteiger partial charge in [0.2, 0.25) is 0 Å². The third-order valence-corrected chi connectivity index (χ3v) is 5.47. The summed E-state index contributed by atoms with van der Waals surface area (Å²) in [6, 6.07) is 11.0. The van der Waals surface area contributed by atoms with Crippen molar-refractivity contribution in [1.29, 1.82) is 0 Å². The van der Waals surface area contributed by atoms with Gasteiger partial charge >= 0.3 is 0 Å². The number of piperidine rings is 1. The summed E-state index contributed by atoms with van der Waals surface area (Å²) in [5, 5.41) is 8.25. The van der Waals surface area contributed by atoms with Gasteiger partial charge in [-0.3, -0.25) is 0 Å². The maximum atomic E-state index is 4.92. The van der Waals surface area contributed by atoms with Crippen molar-refractivity contribution in [1.82, 2.24) is 20.5 Å². The van der Waals surface area contributed by atoms with Crippen LogP contribution in [0.3, 0.4) is 0 Å². The number of rotatable bonds is 7. The number of aromatic nitrogens is 1. The highest BCUT2D eigenvalue weighted by atomic mass is 15.2. The fourth-order valence-corrected chi connectivity index (χ4v) is 3.89. The zero-order valence-electron chi connectivity index (χ0n) is 18.4. The van der Waals surface area contributed by atoms with Gasteiger partial charge in [0.25, 0.3) is 0 Å². The summed E-state index contributed by atoms with van der Waals surface area (Å²) >= 11 is 0. The van der Waals surface area contributed by atoms with E-state index >= 15 is 0 Å². The number of para-hydroxylation sites is 1. The number of hydrogen-bond donors (Lipinski definition) is 2. The average molecular weight is 397 g/mol. The summed E-state index contributed by atoms with van der Waals surface area (Å²) < 4.78 is 0. The molecule has 1 saturated heterocycles. The first kappa shape index (κ1) is 21.4. The number of anilines is 1. The summed E-state index contributed by atoms with van der Waals surface area (Å²) in [6.07, 6.45) is 3.58. The molecule has 0 bridgehead atoms. The van der Waals surface area contributed by atoms with Gasteiger partial charge in [0.15, 0.2) is 5.96 Å². The van der Waals surface area contributed by atoms with E-state index in [1.54, 1.807) is 0 Å². The van der Waals surface area contributed by atoms with Crippen molar-refractivity contribution in [2.75, 3.05) is 45.2 Å². The predicted molar refractivity (Wildman–Crippen MR) is 124 cm³/mol. The number of nitrogens with one attached hydrogen (secondary N) is 2. The van der Waals surface area contributed by atoms with Gasteiger partial charge in [0.05, 0.1) is 12.1 Å². The molecule has 0 amide bonds. The van der Waals surface area contributed by atoms with Crippen LogP contribution in [0.1, 0.15) is 38.7 Å². The molecule has 1 aliphatic heterocycles. The SMILES string of the molecule is CCCN1CCC(NC(=NCc2cc(N(C)C)nc3ccccc23)NCC)CC1. The number of aliphatic imine (C=N–C) groups is 1. The van der Waals surface area contributed by atoms with E-state index < -0.39 is 0 Å². The average Bonchev–Trinajstić information content (AvgIpc) is 2.73. The fraction of sp³-hybridized carbons (Fsp3) is 0.565. The smallest absolute Gasteiger partial charge is 0.191 e. The van der Waals surface area contributed by atoms with E-state index in [0.717, 1.165) is 23.8 Å². The van der Waals surface area contributed by atoms with E-state index in [4.69, 9.17) is 9.98 Å². The summed E-state index contributed by atoms with van der Waals surface area (Å²) in [7, 11) is 4.06. The minimum Gasteiger partial charge on any atom is -0.363 e. The van der Waals surface area contributed by atoms with Crippen LogP contribution in [0.4, 0.5) is 5.82 Å². The van der Waals surface area contributed by atoms with Crippen LogP contribution < -0.4 is 15.5 Å². The van der Waals surface area contributed by atoms with Gasteiger partial charge in [0, 0.05) is 45.2 Å². The Kier molecular flexibility index (Phi) is 7.69. The molecule has 0 atom stereocenters. The van der Waals surface area contributed by atoms with Crippen LogP contribution in [-0.2, 0) is 6.54 Å². The first-order valence-corrected chi connectivity index (χ1v) is 10.9. The standard InChI is InChI=1S/C23H36N6/c1-5-13-29-14-11-19(12-15-29)26-23(24-6-2)25-17-18-16-22(28(3)4)27-21-10-8-7-9-20(18)21/h7-10,16,19H,5-6,11-15,17H2,1-4H3,(H2,24,25,26). The normalized spacial score (nSPS) is 16.2. The molecule has 1 aromatic carbocycles. The van der Waals surface area contributed by atoms with E-state index in [-0.39, 0.29) is 0 Å². The Balaban J connectivity index is 1.73. The maximum Gasteiger partial charge on any atom is 0.191 e. The molecule has 2 aromatic rings. The zero-order valence-corrected chi connectivity index (χ0v) is 18.4. The number of fused-ring (bicyclic) bond motifs is 1. The summed E-state index contributed by atoms with van der Waals surface area (Å²) in [6.45, 7) is 9.43. The summed E-state index contributed by atoms with van der Waals surface area (Å²) in [5.41, 5.74) is 2.22. The first-order valence-electron chi connectivity index (χ1n) is 10.9. The number of guanidine groups is 1. The Morgan fingerprint density at radius 3 is 2.66 bits per heavy atom. The van der Waals surface area contributed by atoms with Crippen LogP contribution in [0.15, 0.2) is 35.3 Å². The molecule has 1 aromatic heterocycles. The van der Waals surface area contributed by atoms with E-state index in [2.05, 4.69) is 53.6 Å². The lowest BCUT2D eigenvalue weighted by atomic mass is 10.1. The lowest BCUT2D eigenvalue weighted by Gasteiger charge is -2.32. The van der Waals surface area contributed by atoms with Gasteiger partial charge < -0.3 is 20.4 Å². The van der Waals surface area contributed by atoms with Gasteiger partial charge in [-0.05, 0) is 50.4 Å². The molecule has 0 spiro atoms. The Hall–Kier alpha value is -2.34. The monoisotopic (exact) mass is 396 g/mol. The molecule has 0 saturated carbocycles. The minimum atomic E-state index is 0.493. The molecule has 0 unspecified atom stereocenters. The van der Waals surface area contributed by atoms with Gasteiger partial charge in [-0.25, -0.2) is 9.98 Å². The van der Waals surface area contributed by atoms with Crippen molar-refractivity contribution >= 4 is 22.7 Å². The van der Waals surface area contributed by atoms with Gasteiger partial charge in [-0.1, -0.05) is 25.1 Å². The van der Waals surface area contributed by atoms with Crippen molar-refractivity contribution in [3.63, 3.8) is 0 Å². The molecule has 0 radical (unpaired) electrons. The zero-order chi connectivity index (χ0) is 20.6. The van der Waals surface area contributed by atoms with Gasteiger partial charge in [0.1, 0.15) is 5.82 Å². The van der Waals surface area contributed by atoms with Crippen LogP contribution in [0.25, 0.3) is 10.9 Å². The Morgan fingerprint density at radius 2 is 1.97 bits per heavy atom. The second-order valence-corrected chi connectivity index (χ2v) is 8.01. The van der Waals surface area contributed by atoms with Gasteiger partial charge in [-0.2, -0.15) is 0 Å². The van der Waals surface area contributed by atoms with E-state index in [1.807, 2.05) is 25.1 Å². The molecular weight excluding hydrogens is 360 g/mol. The van der Waals surface area contributed by atoms with Crippen LogP contribution in [-0.4, -0.2) is 62.2 Å². The molecular formula is C23H36N6. The third kappa shape index (κ3) is 5.82. The maximum absolute atomic E-state index is 4.92. The Bertz CT molecular complexity index is 808. The number of hydrogen-bond acceptors (Lipinski definition) is 4. The summed E-state index contributed by atoms with van der Waals surface area (Å²) in [4.78, 5) is 14.3. The lowest BCUT2D eigenvalue weighted by Crippen LogP contribution is -2.48. The molecule has 0 aliphatic carbocycles. The number of nitrogens with zero attached hydrogens (tertiary/aromatic N) is 4. The molecule has 6 heteroatoms. The van der Waals surface area contributed by atoms with E-state index in [0.29, 0.717) is 12.6 Å². The predicted octanol–water partition coefficient (Wildman–Crippen LogP) is 3.23. The Morgan fingerprint density at radius 1 is 1.21 bits per heavy atom. The highest BCUT2D eigenvalue weighted by Gasteiger charge is 2.19. The van der Waals surface area contributed by atoms with Crippen molar-refractivity contribution in [3.05, 3.63) is 35.9 Å². The van der Waals surface area contributed by atoms with Crippen molar-refractivity contribution in [2.24, 2.45) is 4.99 Å². The second-order valence-electron chi connectivity index (χ2n) is 8.01. The molecule has 2 heterocycles. The Labute approximate surface area is 175 Å². The van der Waals surface area contributed by atoms with Crippen molar-refractivity contribution in [3.8, 4) is 0 Å². The van der Waals surface area contributed by atoms with Crippen LogP contribution in [0, 0.1) is 0 Å². The number of benzene rings is 1. The van der Waals surface area contributed by atoms with Crippen LogP contribution in [0.5, 0.6) is 0 Å². The van der Waals surface area contributed by atoms with Crippen LogP contribution in [0.2, 0.25) is 0 Å². The highest BCUT2D eigenvalue weighted by molar-refractivity contribution is 5.85. The number of likely N-dealkylation sites (tertiary alicyclic amines) is 1. The summed E-state index contributed by atoms with van der Waals surface area (Å²) in [5.74, 6) is 1.88. The van der Waals surface area contributed by atoms with Crippen LogP contribution >= 0.6 is 0 Å². The highest BCUT2D eigenvalue weighted by Crippen LogP contribution is 2.22. The second kappa shape index (κ2) is 10.4. The molecule has 2 N–H and O–H groups in total. The third-order valence-electron chi connectivity index (χ3n) is 5.47. The lowest BCUT2D eigenvalue weighted by molar-refractivity contribution is 0.206. The molecule has 1 aliphatic rings. The molecule has 3 rings (SSSR count).